The van der Waals surface area contributed by atoms with Crippen LogP contribution in [-0.4, -0.2) is 25.2 Å². The largest absolute Gasteiger partial charge is 0.326 e. The van der Waals surface area contributed by atoms with Crippen LogP contribution in [0.2, 0.25) is 0 Å². The van der Waals surface area contributed by atoms with Gasteiger partial charge in [0, 0.05) is 18.7 Å². The molecule has 1 amide bonds. The summed E-state index contributed by atoms with van der Waals surface area (Å²) < 4.78 is 3.19. The number of amides is 1. The van der Waals surface area contributed by atoms with Crippen LogP contribution in [0.25, 0.3) is 11.0 Å². The van der Waals surface area contributed by atoms with Crippen LogP contribution in [-0.2, 0) is 16.9 Å². The highest BCUT2D eigenvalue weighted by Gasteiger charge is 2.19. The van der Waals surface area contributed by atoms with Crippen molar-refractivity contribution < 1.29 is 4.79 Å². The van der Waals surface area contributed by atoms with Gasteiger partial charge in [0.15, 0.2) is 5.65 Å². The molecule has 7 heteroatoms. The number of aryl methyl sites for hydroxylation is 3. The van der Waals surface area contributed by atoms with Gasteiger partial charge in [0.2, 0.25) is 5.91 Å². The summed E-state index contributed by atoms with van der Waals surface area (Å²) in [5.41, 5.74) is 3.16. The molecule has 3 rings (SSSR count). The highest BCUT2D eigenvalue weighted by molar-refractivity contribution is 5.90. The second-order valence-corrected chi connectivity index (χ2v) is 7.80. The van der Waals surface area contributed by atoms with Gasteiger partial charge in [-0.05, 0) is 57.9 Å². The number of anilines is 1. The lowest BCUT2D eigenvalue weighted by molar-refractivity contribution is -0.116. The zero-order valence-electron chi connectivity index (χ0n) is 16.4. The van der Waals surface area contributed by atoms with Gasteiger partial charge in [0.1, 0.15) is 5.39 Å². The molecule has 0 aliphatic heterocycles. The molecule has 142 valence electrons. The molecular formula is C20H25N5O2. The van der Waals surface area contributed by atoms with Crippen molar-refractivity contribution in [1.29, 1.82) is 0 Å². The van der Waals surface area contributed by atoms with Crippen LogP contribution in [0.5, 0.6) is 0 Å². The summed E-state index contributed by atoms with van der Waals surface area (Å²) >= 11 is 0. The second-order valence-electron chi connectivity index (χ2n) is 7.80. The average Bonchev–Trinajstić information content (AvgIpc) is 3.03. The van der Waals surface area contributed by atoms with E-state index in [1.54, 1.807) is 10.9 Å². The Hall–Kier alpha value is -2.96. The van der Waals surface area contributed by atoms with Crippen molar-refractivity contribution in [2.24, 2.45) is 0 Å². The Bertz CT molecular complexity index is 1060. The van der Waals surface area contributed by atoms with Gasteiger partial charge in [-0.25, -0.2) is 9.67 Å². The molecule has 0 aliphatic rings. The molecule has 0 atom stereocenters. The lowest BCUT2D eigenvalue weighted by Gasteiger charge is -2.19. The summed E-state index contributed by atoms with van der Waals surface area (Å²) in [6.45, 7) is 10.3. The summed E-state index contributed by atoms with van der Waals surface area (Å²) in [5.74, 6) is -0.143. The molecule has 0 saturated heterocycles. The van der Waals surface area contributed by atoms with Crippen molar-refractivity contribution in [2.75, 3.05) is 5.32 Å². The fourth-order valence-corrected chi connectivity index (χ4v) is 2.86. The number of carbonyl (C=O) groups is 1. The first-order chi connectivity index (χ1) is 12.7. The molecule has 0 bridgehead atoms. The highest BCUT2D eigenvalue weighted by Crippen LogP contribution is 2.18. The maximum absolute atomic E-state index is 12.7. The molecule has 2 heterocycles. The van der Waals surface area contributed by atoms with Crippen LogP contribution in [0.1, 0.15) is 38.3 Å². The molecule has 3 aromatic rings. The molecule has 1 N–H and O–H groups in total. The number of rotatable bonds is 4. The van der Waals surface area contributed by atoms with E-state index in [2.05, 4.69) is 15.4 Å². The molecule has 7 nitrogen and oxygen atoms in total. The van der Waals surface area contributed by atoms with Gasteiger partial charge in [-0.3, -0.25) is 14.2 Å². The molecule has 2 aromatic heterocycles. The Morgan fingerprint density at radius 3 is 2.59 bits per heavy atom. The first-order valence-corrected chi connectivity index (χ1v) is 8.97. The van der Waals surface area contributed by atoms with Crippen LogP contribution in [0, 0.1) is 13.8 Å². The maximum Gasteiger partial charge on any atom is 0.264 e. The van der Waals surface area contributed by atoms with Gasteiger partial charge in [-0.1, -0.05) is 6.07 Å². The van der Waals surface area contributed by atoms with Crippen LogP contribution < -0.4 is 10.9 Å². The fraction of sp³-hybridized carbons (Fsp3) is 0.400. The van der Waals surface area contributed by atoms with Gasteiger partial charge in [-0.2, -0.15) is 5.10 Å². The Morgan fingerprint density at radius 1 is 1.19 bits per heavy atom. The van der Waals surface area contributed by atoms with Gasteiger partial charge < -0.3 is 5.32 Å². The Kier molecular flexibility index (Phi) is 4.87. The number of fused-ring (bicyclic) bond motifs is 1. The van der Waals surface area contributed by atoms with Crippen LogP contribution in [0.15, 0.2) is 35.5 Å². The molecule has 0 spiro atoms. The van der Waals surface area contributed by atoms with Crippen molar-refractivity contribution in [3.63, 3.8) is 0 Å². The van der Waals surface area contributed by atoms with E-state index in [1.807, 2.05) is 52.8 Å². The van der Waals surface area contributed by atoms with E-state index in [9.17, 15) is 9.59 Å². The SMILES string of the molecule is Cc1ccc(NC(=O)CCn2cnc3c(cnn3C(C)(C)C)c2=O)cc1C. The molecule has 0 radical (unpaired) electrons. The Balaban J connectivity index is 1.73. The standard InChI is InChI=1S/C20H25N5O2/c1-13-6-7-15(10-14(13)2)23-17(26)8-9-24-12-21-18-16(19(24)27)11-22-25(18)20(3,4)5/h6-7,10-12H,8-9H2,1-5H3,(H,23,26). The van der Waals surface area contributed by atoms with Crippen LogP contribution >= 0.6 is 0 Å². The molecule has 0 saturated carbocycles. The highest BCUT2D eigenvalue weighted by atomic mass is 16.2. The third kappa shape index (κ3) is 3.92. The van der Waals surface area contributed by atoms with Crippen molar-refractivity contribution in [3.05, 3.63) is 52.2 Å². The van der Waals surface area contributed by atoms with Crippen molar-refractivity contribution in [1.82, 2.24) is 19.3 Å². The minimum Gasteiger partial charge on any atom is -0.326 e. The van der Waals surface area contributed by atoms with Gasteiger partial charge >= 0.3 is 0 Å². The minimum atomic E-state index is -0.264. The zero-order valence-corrected chi connectivity index (χ0v) is 16.4. The van der Waals surface area contributed by atoms with Crippen LogP contribution in [0.3, 0.4) is 0 Å². The lowest BCUT2D eigenvalue weighted by atomic mass is 10.1. The summed E-state index contributed by atoms with van der Waals surface area (Å²) in [7, 11) is 0. The van der Waals surface area contributed by atoms with E-state index in [-0.39, 0.29) is 30.0 Å². The van der Waals surface area contributed by atoms with Gasteiger partial charge in [0.25, 0.3) is 5.56 Å². The smallest absolute Gasteiger partial charge is 0.264 e. The molecule has 1 aromatic carbocycles. The molecule has 27 heavy (non-hydrogen) atoms. The van der Waals surface area contributed by atoms with Crippen molar-refractivity contribution >= 4 is 22.6 Å². The Labute approximate surface area is 158 Å². The summed E-state index contributed by atoms with van der Waals surface area (Å²) in [5, 5.41) is 7.63. The number of carbonyl (C=O) groups excluding carboxylic acids is 1. The van der Waals surface area contributed by atoms with E-state index >= 15 is 0 Å². The predicted molar refractivity (Wildman–Crippen MR) is 106 cm³/mol. The molecular weight excluding hydrogens is 342 g/mol. The summed E-state index contributed by atoms with van der Waals surface area (Å²) in [6.07, 6.45) is 3.22. The third-order valence-electron chi connectivity index (χ3n) is 4.56. The van der Waals surface area contributed by atoms with E-state index in [0.717, 1.165) is 11.3 Å². The van der Waals surface area contributed by atoms with E-state index < -0.39 is 0 Å². The second kappa shape index (κ2) is 6.98. The van der Waals surface area contributed by atoms with E-state index in [1.165, 1.54) is 16.5 Å². The zero-order chi connectivity index (χ0) is 19.8. The van der Waals surface area contributed by atoms with Crippen molar-refractivity contribution in [3.8, 4) is 0 Å². The van der Waals surface area contributed by atoms with Crippen LogP contribution in [0.4, 0.5) is 5.69 Å². The van der Waals surface area contributed by atoms with E-state index in [4.69, 9.17) is 0 Å². The number of hydrogen-bond acceptors (Lipinski definition) is 4. The van der Waals surface area contributed by atoms with E-state index in [0.29, 0.717) is 11.0 Å². The number of nitrogens with zero attached hydrogens (tertiary/aromatic N) is 4. The molecule has 0 fully saturated rings. The summed E-state index contributed by atoms with van der Waals surface area (Å²) in [6, 6.07) is 5.79. The third-order valence-corrected chi connectivity index (χ3v) is 4.56. The quantitative estimate of drug-likeness (QED) is 0.768. The molecule has 0 unspecified atom stereocenters. The molecule has 0 aliphatic carbocycles. The number of aromatic nitrogens is 4. The normalized spacial score (nSPS) is 11.7. The first-order valence-electron chi connectivity index (χ1n) is 8.97. The maximum atomic E-state index is 12.7. The van der Waals surface area contributed by atoms with Gasteiger partial charge in [-0.15, -0.1) is 0 Å². The first kappa shape index (κ1) is 18.8. The van der Waals surface area contributed by atoms with Gasteiger partial charge in [0.05, 0.1) is 18.1 Å². The number of nitrogens with one attached hydrogen (secondary N) is 1. The summed E-state index contributed by atoms with van der Waals surface area (Å²) in [4.78, 5) is 29.3. The topological polar surface area (TPSA) is 81.8 Å². The lowest BCUT2D eigenvalue weighted by Crippen LogP contribution is -2.26. The minimum absolute atomic E-state index is 0.143. The Morgan fingerprint density at radius 2 is 1.93 bits per heavy atom. The predicted octanol–water partition coefficient (Wildman–Crippen LogP) is 2.99. The van der Waals surface area contributed by atoms with Crippen molar-refractivity contribution in [2.45, 2.75) is 53.1 Å². The number of benzene rings is 1. The fourth-order valence-electron chi connectivity index (χ4n) is 2.86. The number of hydrogen-bond donors (Lipinski definition) is 1. The average molecular weight is 367 g/mol. The monoisotopic (exact) mass is 367 g/mol.